The van der Waals surface area contributed by atoms with E-state index in [0.717, 1.165) is 0 Å². The van der Waals surface area contributed by atoms with Gasteiger partial charge in [0.1, 0.15) is 29.7 Å². The molecule has 1 aromatic heterocycles. The molecule has 2 aliphatic heterocycles. The average molecular weight is 568 g/mol. The van der Waals surface area contributed by atoms with Crippen molar-refractivity contribution >= 4 is 40.7 Å². The Morgan fingerprint density at radius 2 is 1.78 bits per heavy atom. The van der Waals surface area contributed by atoms with Gasteiger partial charge in [-0.05, 0) is 52.5 Å². The number of nitrogens with one attached hydrogen (secondary N) is 3. The van der Waals surface area contributed by atoms with Crippen LogP contribution in [0.2, 0.25) is 0 Å². The largest absolute Gasteiger partial charge is 0.455 e. The highest BCUT2D eigenvalue weighted by atomic mass is 19.1. The van der Waals surface area contributed by atoms with Gasteiger partial charge in [0.25, 0.3) is 5.91 Å². The molecule has 3 amide bonds. The summed E-state index contributed by atoms with van der Waals surface area (Å²) in [5, 5.41) is 7.38. The summed E-state index contributed by atoms with van der Waals surface area (Å²) < 4.78 is 21.3. The maximum absolute atomic E-state index is 15.6. The molecule has 2 aromatic rings. The quantitative estimate of drug-likeness (QED) is 0.452. The van der Waals surface area contributed by atoms with Crippen molar-refractivity contribution in [3.05, 3.63) is 47.4 Å². The maximum atomic E-state index is 15.6. The third-order valence-corrected chi connectivity index (χ3v) is 7.53. The Morgan fingerprint density at radius 1 is 1.07 bits per heavy atom. The number of pyridine rings is 1. The summed E-state index contributed by atoms with van der Waals surface area (Å²) in [7, 11) is 0. The molecule has 3 N–H and O–H groups in total. The van der Waals surface area contributed by atoms with Crippen LogP contribution in [0.15, 0.2) is 30.3 Å². The molecule has 2 aliphatic rings. The molecule has 3 heterocycles. The molecule has 0 saturated carbocycles. The topological polar surface area (TPSA) is 130 Å². The van der Waals surface area contributed by atoms with Crippen LogP contribution in [0.4, 0.5) is 4.39 Å². The summed E-state index contributed by atoms with van der Waals surface area (Å²) in [6.45, 7) is 10.5. The fraction of sp³-hybridized carbons (Fsp3) is 0.500. The minimum absolute atomic E-state index is 0.110. The van der Waals surface area contributed by atoms with Gasteiger partial charge in [0.15, 0.2) is 5.82 Å². The van der Waals surface area contributed by atoms with Gasteiger partial charge in [-0.15, -0.1) is 0 Å². The molecule has 1 fully saturated rings. The summed E-state index contributed by atoms with van der Waals surface area (Å²) in [5.41, 5.74) is 2.54. The molecule has 0 unspecified atom stereocenters. The van der Waals surface area contributed by atoms with Crippen LogP contribution in [0.1, 0.15) is 71.7 Å². The zero-order chi connectivity index (χ0) is 30.1. The van der Waals surface area contributed by atoms with Crippen LogP contribution < -0.4 is 16.1 Å². The number of nitrogens with zero attached hydrogens (tertiary/aromatic N) is 2. The molecule has 1 saturated heterocycles. The molecule has 41 heavy (non-hydrogen) atoms. The fourth-order valence-corrected chi connectivity index (χ4v) is 4.81. The number of amides is 3. The van der Waals surface area contributed by atoms with E-state index in [1.54, 1.807) is 71.9 Å². The molecule has 1 aromatic carbocycles. The smallest absolute Gasteiger partial charge is 0.325 e. The number of carbonyl (C=O) groups is 4. The summed E-state index contributed by atoms with van der Waals surface area (Å²) in [5.74, 6) is -2.79. The van der Waals surface area contributed by atoms with Crippen LogP contribution in [-0.2, 0) is 23.9 Å². The van der Waals surface area contributed by atoms with E-state index in [0.29, 0.717) is 30.5 Å². The van der Waals surface area contributed by atoms with Gasteiger partial charge < -0.3 is 15.4 Å². The van der Waals surface area contributed by atoms with Crippen LogP contribution in [0.5, 0.6) is 0 Å². The van der Waals surface area contributed by atoms with Crippen LogP contribution in [-0.4, -0.2) is 58.4 Å². The van der Waals surface area contributed by atoms with E-state index in [1.807, 2.05) is 0 Å². The van der Waals surface area contributed by atoms with Gasteiger partial charge >= 0.3 is 5.97 Å². The summed E-state index contributed by atoms with van der Waals surface area (Å²) in [6, 6.07) is 4.09. The van der Waals surface area contributed by atoms with E-state index < -0.39 is 59.2 Å². The highest BCUT2D eigenvalue weighted by Gasteiger charge is 2.35. The number of esters is 1. The Hall–Kier alpha value is -3.86. The average Bonchev–Trinajstić information content (AvgIpc) is 2.94. The number of carbonyl (C=O) groups excluding carboxylic acids is 4. The van der Waals surface area contributed by atoms with Gasteiger partial charge in [-0.3, -0.25) is 24.2 Å². The number of benzene rings is 1. The molecule has 220 valence electrons. The zero-order valence-electron chi connectivity index (χ0n) is 24.3. The summed E-state index contributed by atoms with van der Waals surface area (Å²) in [6.07, 6.45) is 3.30. The van der Waals surface area contributed by atoms with Crippen LogP contribution >= 0.6 is 0 Å². The van der Waals surface area contributed by atoms with E-state index in [2.05, 4.69) is 21.0 Å². The zero-order valence-corrected chi connectivity index (χ0v) is 24.3. The fourth-order valence-electron chi connectivity index (χ4n) is 4.81. The standard InChI is InChI=1S/C30H38FN5O5/c1-16(2)24-26(37)32-17(3)27(38)36-15-7-8-22(35-36)28(39)41-18(4)21-12-11-20-10-9-19(23(31)25(20)33-21)13-14-30(5,6)29(40)34-24/h9-14,16-18,22,24,35H,7-8,15H2,1-6H3,(H,32,37)(H,34,40)/b14-13+/t17-,18+,22-,24-/m0/s1. The number of hydrazine groups is 1. The molecule has 0 aliphatic carbocycles. The van der Waals surface area contributed by atoms with E-state index in [4.69, 9.17) is 4.74 Å². The molecule has 0 radical (unpaired) electrons. The lowest BCUT2D eigenvalue weighted by atomic mass is 9.89. The maximum Gasteiger partial charge on any atom is 0.325 e. The van der Waals surface area contributed by atoms with Gasteiger partial charge in [0, 0.05) is 17.5 Å². The van der Waals surface area contributed by atoms with Crippen molar-refractivity contribution < 1.29 is 28.3 Å². The first kappa shape index (κ1) is 30.1. The minimum atomic E-state index is -1.10. The van der Waals surface area contributed by atoms with Crippen LogP contribution in [0.3, 0.4) is 0 Å². The molecular formula is C30H38FN5O5. The van der Waals surface area contributed by atoms with Crippen LogP contribution in [0, 0.1) is 17.2 Å². The lowest BCUT2D eigenvalue weighted by Gasteiger charge is -2.35. The number of halogens is 1. The van der Waals surface area contributed by atoms with Crippen LogP contribution in [0.25, 0.3) is 17.0 Å². The van der Waals surface area contributed by atoms with Crippen molar-refractivity contribution in [2.45, 2.75) is 78.6 Å². The molecule has 5 bridgehead atoms. The SMILES string of the molecule is CC(C)[C@@H]1NC(=O)C(C)(C)/C=C/c2ccc3ccc(nc3c2F)[C@@H](C)OC(=O)[C@@H]2CCCN(N2)C(=O)[C@H](C)NC1=O. The lowest BCUT2D eigenvalue weighted by Crippen LogP contribution is -2.61. The monoisotopic (exact) mass is 567 g/mol. The predicted molar refractivity (Wildman–Crippen MR) is 151 cm³/mol. The first-order valence-corrected chi connectivity index (χ1v) is 14.0. The summed E-state index contributed by atoms with van der Waals surface area (Å²) >= 11 is 0. The number of fused-ring (bicyclic) bond motifs is 4. The van der Waals surface area contributed by atoms with Crippen molar-refractivity contribution in [2.75, 3.05) is 6.54 Å². The van der Waals surface area contributed by atoms with E-state index >= 15 is 4.39 Å². The van der Waals surface area contributed by atoms with Crippen molar-refractivity contribution in [3.63, 3.8) is 0 Å². The second kappa shape index (κ2) is 11.9. The van der Waals surface area contributed by atoms with E-state index in [9.17, 15) is 19.2 Å². The van der Waals surface area contributed by atoms with Gasteiger partial charge in [0.05, 0.1) is 11.1 Å². The predicted octanol–water partition coefficient (Wildman–Crippen LogP) is 3.17. The van der Waals surface area contributed by atoms with Gasteiger partial charge in [-0.25, -0.2) is 14.8 Å². The second-order valence-corrected chi connectivity index (χ2v) is 11.6. The number of rotatable bonds is 1. The molecule has 4 rings (SSSR count). The van der Waals surface area contributed by atoms with Gasteiger partial charge in [-0.2, -0.15) is 0 Å². The van der Waals surface area contributed by atoms with E-state index in [1.165, 1.54) is 11.1 Å². The van der Waals surface area contributed by atoms with Gasteiger partial charge in [0.2, 0.25) is 11.8 Å². The van der Waals surface area contributed by atoms with Gasteiger partial charge in [-0.1, -0.05) is 44.2 Å². The molecule has 4 atom stereocenters. The molecule has 10 nitrogen and oxygen atoms in total. The Bertz CT molecular complexity index is 1390. The molecular weight excluding hydrogens is 529 g/mol. The third-order valence-electron chi connectivity index (χ3n) is 7.53. The third kappa shape index (κ3) is 6.56. The first-order valence-electron chi connectivity index (χ1n) is 14.0. The summed E-state index contributed by atoms with van der Waals surface area (Å²) in [4.78, 5) is 57.2. The van der Waals surface area contributed by atoms with Crippen molar-refractivity contribution in [1.82, 2.24) is 26.1 Å². The highest BCUT2D eigenvalue weighted by molar-refractivity contribution is 5.94. The lowest BCUT2D eigenvalue weighted by molar-refractivity contribution is -0.157. The Kier molecular flexibility index (Phi) is 8.77. The Labute approximate surface area is 239 Å². The number of hydrogen-bond acceptors (Lipinski definition) is 7. The normalized spacial score (nSPS) is 26.9. The first-order chi connectivity index (χ1) is 19.3. The second-order valence-electron chi connectivity index (χ2n) is 11.6. The molecule has 11 heteroatoms. The van der Waals surface area contributed by atoms with Crippen molar-refractivity contribution in [2.24, 2.45) is 11.3 Å². The highest BCUT2D eigenvalue weighted by Crippen LogP contribution is 2.27. The minimum Gasteiger partial charge on any atom is -0.455 e. The van der Waals surface area contributed by atoms with Crippen molar-refractivity contribution in [1.29, 1.82) is 0 Å². The van der Waals surface area contributed by atoms with Crippen molar-refractivity contribution in [3.8, 4) is 0 Å². The number of cyclic esters (lactones) is 1. The number of ether oxygens (including phenoxy) is 1. The Morgan fingerprint density at radius 3 is 2.49 bits per heavy atom. The van der Waals surface area contributed by atoms with E-state index in [-0.39, 0.29) is 17.0 Å². The number of hydrogen-bond donors (Lipinski definition) is 3. The Balaban J connectivity index is 1.74. The molecule has 0 spiro atoms. The number of aromatic nitrogens is 1.